The van der Waals surface area contributed by atoms with Gasteiger partial charge in [-0.05, 0) is 43.2 Å². The third kappa shape index (κ3) is 9.47. The number of unbranched alkanes of at least 4 members (excludes halogenated alkanes) is 10. The van der Waals surface area contributed by atoms with Gasteiger partial charge >= 0.3 is 0 Å². The molecule has 1 heterocycles. The smallest absolute Gasteiger partial charge is 0.237 e. The maximum Gasteiger partial charge on any atom is 0.244 e. The highest BCUT2D eigenvalue weighted by atomic mass is 15.1. The zero-order valence-corrected chi connectivity index (χ0v) is 24.1. The molecule has 2 unspecified atom stereocenters. The molecule has 2 nitrogen and oxygen atoms in total. The summed E-state index contributed by atoms with van der Waals surface area (Å²) in [4.78, 5) is 0. The Hall–Kier alpha value is -2.35. The Morgan fingerprint density at radius 1 is 0.703 bits per heavy atom. The Labute approximate surface area is 228 Å². The second-order valence-corrected chi connectivity index (χ2v) is 11.4. The first-order valence-corrected chi connectivity index (χ1v) is 15.3. The number of benzene rings is 2. The highest BCUT2D eigenvalue weighted by Crippen LogP contribution is 2.41. The first-order chi connectivity index (χ1) is 18.2. The fourth-order valence-electron chi connectivity index (χ4n) is 5.97. The van der Waals surface area contributed by atoms with E-state index in [4.69, 9.17) is 0 Å². The quantitative estimate of drug-likeness (QED) is 0.114. The second-order valence-electron chi connectivity index (χ2n) is 11.4. The van der Waals surface area contributed by atoms with Crippen molar-refractivity contribution in [2.75, 3.05) is 0 Å². The van der Waals surface area contributed by atoms with E-state index in [0.29, 0.717) is 6.04 Å². The predicted octanol–water partition coefficient (Wildman–Crippen LogP) is 9.63. The van der Waals surface area contributed by atoms with Gasteiger partial charge in [0, 0.05) is 5.41 Å². The summed E-state index contributed by atoms with van der Waals surface area (Å²) < 4.78 is 4.98. The number of aryl methyl sites for hydroxylation is 1. The van der Waals surface area contributed by atoms with E-state index in [1.807, 2.05) is 0 Å². The van der Waals surface area contributed by atoms with Gasteiger partial charge in [-0.15, -0.1) is 0 Å². The van der Waals surface area contributed by atoms with Crippen molar-refractivity contribution in [2.45, 2.75) is 129 Å². The van der Waals surface area contributed by atoms with E-state index < -0.39 is 0 Å². The van der Waals surface area contributed by atoms with Crippen molar-refractivity contribution in [1.29, 1.82) is 0 Å². The molecule has 0 spiro atoms. The van der Waals surface area contributed by atoms with E-state index in [9.17, 15) is 0 Å². The van der Waals surface area contributed by atoms with Crippen LogP contribution >= 0.6 is 0 Å². The molecule has 0 radical (unpaired) electrons. The van der Waals surface area contributed by atoms with Gasteiger partial charge in [0.05, 0.1) is 6.54 Å². The molecule has 2 atom stereocenters. The van der Waals surface area contributed by atoms with Crippen LogP contribution < -0.4 is 4.57 Å². The first-order valence-electron chi connectivity index (χ1n) is 15.3. The van der Waals surface area contributed by atoms with E-state index in [1.165, 1.54) is 94.6 Å². The summed E-state index contributed by atoms with van der Waals surface area (Å²) in [5.41, 5.74) is 2.89. The van der Waals surface area contributed by atoms with Gasteiger partial charge in [-0.2, -0.15) is 0 Å². The van der Waals surface area contributed by atoms with Crippen molar-refractivity contribution in [3.05, 3.63) is 90.5 Å². The molecular formula is C35H53N2+. The molecule has 0 saturated carbocycles. The van der Waals surface area contributed by atoms with E-state index in [0.717, 1.165) is 13.0 Å². The van der Waals surface area contributed by atoms with Crippen molar-refractivity contribution in [2.24, 2.45) is 0 Å². The van der Waals surface area contributed by atoms with Gasteiger partial charge in [0.15, 0.2) is 0 Å². The molecule has 0 amide bonds. The van der Waals surface area contributed by atoms with Crippen LogP contribution in [0.15, 0.2) is 79.4 Å². The Morgan fingerprint density at radius 2 is 1.27 bits per heavy atom. The van der Waals surface area contributed by atoms with Crippen molar-refractivity contribution >= 4 is 0 Å². The van der Waals surface area contributed by atoms with Crippen LogP contribution in [0.2, 0.25) is 0 Å². The highest BCUT2D eigenvalue weighted by Gasteiger charge is 2.40. The molecule has 0 fully saturated rings. The molecular weight excluding hydrogens is 448 g/mol. The molecule has 37 heavy (non-hydrogen) atoms. The summed E-state index contributed by atoms with van der Waals surface area (Å²) in [7, 11) is 0. The maximum atomic E-state index is 2.55. The molecule has 0 aliphatic heterocycles. The number of aromatic nitrogens is 2. The van der Waals surface area contributed by atoms with E-state index in [-0.39, 0.29) is 5.41 Å². The van der Waals surface area contributed by atoms with Gasteiger partial charge in [0.25, 0.3) is 0 Å². The predicted molar refractivity (Wildman–Crippen MR) is 159 cm³/mol. The van der Waals surface area contributed by atoms with E-state index >= 15 is 0 Å². The van der Waals surface area contributed by atoms with Crippen LogP contribution in [-0.4, -0.2) is 4.57 Å². The van der Waals surface area contributed by atoms with Gasteiger partial charge < -0.3 is 0 Å². The van der Waals surface area contributed by atoms with Gasteiger partial charge in [0.1, 0.15) is 18.4 Å². The zero-order valence-electron chi connectivity index (χ0n) is 24.1. The SMILES string of the molecule is CCCCCCCCCC[n+]1ccn(C(CCCCCC)C(C)(Cc2ccccc2)c2ccccc2)c1. The molecule has 202 valence electrons. The van der Waals surface area contributed by atoms with Gasteiger partial charge in [-0.25, -0.2) is 9.13 Å². The molecule has 2 aromatic carbocycles. The molecule has 0 aliphatic rings. The number of imidazole rings is 1. The van der Waals surface area contributed by atoms with Crippen LogP contribution in [0.3, 0.4) is 0 Å². The maximum absolute atomic E-state index is 2.55. The van der Waals surface area contributed by atoms with Crippen molar-refractivity contribution in [3.63, 3.8) is 0 Å². The topological polar surface area (TPSA) is 8.81 Å². The molecule has 2 heteroatoms. The van der Waals surface area contributed by atoms with Gasteiger partial charge in [-0.3, -0.25) is 0 Å². The van der Waals surface area contributed by atoms with E-state index in [2.05, 4.69) is 109 Å². The molecule has 0 N–H and O–H groups in total. The normalized spacial score (nSPS) is 13.9. The van der Waals surface area contributed by atoms with Crippen LogP contribution in [0.4, 0.5) is 0 Å². The number of hydrogen-bond donors (Lipinski definition) is 0. The van der Waals surface area contributed by atoms with Gasteiger partial charge in [0.2, 0.25) is 6.33 Å². The molecule has 1 aromatic heterocycles. The molecule has 3 aromatic rings. The zero-order chi connectivity index (χ0) is 26.2. The lowest BCUT2D eigenvalue weighted by Gasteiger charge is -2.37. The van der Waals surface area contributed by atoms with Crippen LogP contribution in [0.5, 0.6) is 0 Å². The average molecular weight is 502 g/mol. The largest absolute Gasteiger partial charge is 0.244 e. The Balaban J connectivity index is 1.75. The van der Waals surface area contributed by atoms with Crippen LogP contribution in [-0.2, 0) is 18.4 Å². The Morgan fingerprint density at radius 3 is 1.92 bits per heavy atom. The summed E-state index contributed by atoms with van der Waals surface area (Å²) in [5.74, 6) is 0. The summed E-state index contributed by atoms with van der Waals surface area (Å²) in [6.07, 6.45) is 25.5. The van der Waals surface area contributed by atoms with Crippen LogP contribution in [0, 0.1) is 0 Å². The summed E-state index contributed by atoms with van der Waals surface area (Å²) in [5, 5.41) is 0. The third-order valence-corrected chi connectivity index (χ3v) is 8.26. The van der Waals surface area contributed by atoms with Crippen molar-refractivity contribution in [1.82, 2.24) is 4.57 Å². The lowest BCUT2D eigenvalue weighted by molar-refractivity contribution is -0.697. The fraction of sp³-hybridized carbons (Fsp3) is 0.571. The fourth-order valence-corrected chi connectivity index (χ4v) is 5.97. The van der Waals surface area contributed by atoms with Crippen LogP contribution in [0.1, 0.15) is 121 Å². The monoisotopic (exact) mass is 501 g/mol. The number of hydrogen-bond acceptors (Lipinski definition) is 0. The minimum Gasteiger partial charge on any atom is -0.237 e. The third-order valence-electron chi connectivity index (χ3n) is 8.26. The molecule has 0 aliphatic carbocycles. The number of nitrogens with zero attached hydrogens (tertiary/aromatic N) is 2. The Bertz CT molecular complexity index is 961. The molecule has 3 rings (SSSR count). The first kappa shape index (κ1) is 29.2. The number of rotatable bonds is 19. The van der Waals surface area contributed by atoms with Crippen molar-refractivity contribution in [3.8, 4) is 0 Å². The Kier molecular flexibility index (Phi) is 13.0. The molecule has 0 bridgehead atoms. The van der Waals surface area contributed by atoms with E-state index in [1.54, 1.807) is 0 Å². The summed E-state index contributed by atoms with van der Waals surface area (Å²) >= 11 is 0. The molecule has 0 saturated heterocycles. The van der Waals surface area contributed by atoms with Crippen molar-refractivity contribution < 1.29 is 4.57 Å². The second kappa shape index (κ2) is 16.5. The standard InChI is InChI=1S/C35H53N2/c1-4-6-8-10-11-12-13-21-27-36-28-29-37(31-36)34(26-20-9-7-5-2)35(3,33-24-18-15-19-25-33)30-32-22-16-14-17-23-32/h14-19,22-25,28-29,31,34H,4-13,20-21,26-27,30H2,1-3H3/q+1. The highest BCUT2D eigenvalue weighted by molar-refractivity contribution is 5.30. The minimum absolute atomic E-state index is 0.0180. The summed E-state index contributed by atoms with van der Waals surface area (Å²) in [6.45, 7) is 8.23. The lowest BCUT2D eigenvalue weighted by atomic mass is 9.70. The summed E-state index contributed by atoms with van der Waals surface area (Å²) in [6, 6.07) is 22.8. The average Bonchev–Trinajstić information content (AvgIpc) is 3.39. The lowest BCUT2D eigenvalue weighted by Crippen LogP contribution is -2.38. The van der Waals surface area contributed by atoms with Crippen LogP contribution in [0.25, 0.3) is 0 Å². The minimum atomic E-state index is 0.0180. The van der Waals surface area contributed by atoms with Gasteiger partial charge in [-0.1, -0.05) is 139 Å².